The van der Waals surface area contributed by atoms with Crippen LogP contribution < -0.4 is 4.72 Å². The van der Waals surface area contributed by atoms with Gasteiger partial charge in [0, 0.05) is 24.0 Å². The largest absolute Gasteiger partial charge is 0.448 e. The van der Waals surface area contributed by atoms with Gasteiger partial charge in [-0.3, -0.25) is 4.79 Å². The number of likely N-dealkylation sites (N-methyl/N-ethyl adjacent to an activating group) is 1. The summed E-state index contributed by atoms with van der Waals surface area (Å²) in [5, 5.41) is 0. The Morgan fingerprint density at radius 1 is 1.38 bits per heavy atom. The number of nitrogens with zero attached hydrogens (tertiary/aromatic N) is 1. The Kier molecular flexibility index (Phi) is 7.82. The molecular weight excluding hydrogens is 440 g/mol. The first-order chi connectivity index (χ1) is 13.4. The molecule has 9 nitrogen and oxygen atoms in total. The van der Waals surface area contributed by atoms with Crippen molar-refractivity contribution in [3.05, 3.63) is 21.9 Å². The van der Waals surface area contributed by atoms with E-state index in [2.05, 4.69) is 4.72 Å². The summed E-state index contributed by atoms with van der Waals surface area (Å²) in [4.78, 5) is 27.6. The number of esters is 1. The molecule has 164 valence electrons. The van der Waals surface area contributed by atoms with E-state index >= 15 is 0 Å². The highest BCUT2D eigenvalue weighted by atomic mass is 32.2. The normalized spacial score (nSPS) is 19.6. The highest BCUT2D eigenvalue weighted by Gasteiger charge is 2.36. The van der Waals surface area contributed by atoms with E-state index in [1.54, 1.807) is 19.1 Å². The number of hydrogen-bond donors (Lipinski definition) is 1. The predicted octanol–water partition coefficient (Wildman–Crippen LogP) is 0.421. The lowest BCUT2D eigenvalue weighted by atomic mass is 10.2. The number of sulfonamides is 1. The second-order valence-corrected chi connectivity index (χ2v) is 12.1. The summed E-state index contributed by atoms with van der Waals surface area (Å²) in [6.07, 6.45) is 0.851. The van der Waals surface area contributed by atoms with Crippen LogP contribution in [0.25, 0.3) is 0 Å². The molecule has 0 radical (unpaired) electrons. The van der Waals surface area contributed by atoms with Gasteiger partial charge in [0.2, 0.25) is 10.0 Å². The number of thiophene rings is 1. The molecule has 12 heteroatoms. The van der Waals surface area contributed by atoms with Gasteiger partial charge in [0.25, 0.3) is 5.91 Å². The summed E-state index contributed by atoms with van der Waals surface area (Å²) in [5.41, 5.74) is 0. The van der Waals surface area contributed by atoms with E-state index in [0.717, 1.165) is 11.1 Å². The second kappa shape index (κ2) is 9.54. The van der Waals surface area contributed by atoms with Crippen molar-refractivity contribution in [3.8, 4) is 0 Å². The predicted molar refractivity (Wildman–Crippen MR) is 110 cm³/mol. The minimum absolute atomic E-state index is 0.0573. The van der Waals surface area contributed by atoms with Crippen molar-refractivity contribution in [2.75, 3.05) is 30.9 Å². The van der Waals surface area contributed by atoms with Gasteiger partial charge >= 0.3 is 5.97 Å². The second-order valence-electron chi connectivity index (χ2n) is 6.91. The minimum Gasteiger partial charge on any atom is -0.448 e. The third-order valence-corrected chi connectivity index (χ3v) is 8.11. The number of amides is 1. The molecule has 0 aromatic carbocycles. The summed E-state index contributed by atoms with van der Waals surface area (Å²) >= 11 is 1.17. The van der Waals surface area contributed by atoms with Gasteiger partial charge in [-0.05, 0) is 38.8 Å². The average molecular weight is 467 g/mol. The Bertz CT molecular complexity index is 953. The van der Waals surface area contributed by atoms with Gasteiger partial charge in [-0.25, -0.2) is 26.4 Å². The molecule has 29 heavy (non-hydrogen) atoms. The Labute approximate surface area is 175 Å². The Morgan fingerprint density at radius 3 is 2.62 bits per heavy atom. The third-order valence-electron chi connectivity index (χ3n) is 4.50. The Balaban J connectivity index is 1.93. The van der Waals surface area contributed by atoms with E-state index in [-0.39, 0.29) is 18.1 Å². The number of sulfone groups is 1. The van der Waals surface area contributed by atoms with Gasteiger partial charge in [0.05, 0.1) is 17.8 Å². The number of rotatable bonds is 9. The zero-order valence-corrected chi connectivity index (χ0v) is 19.0. The average Bonchev–Trinajstić information content (AvgIpc) is 3.21. The van der Waals surface area contributed by atoms with Crippen LogP contribution in [-0.2, 0) is 35.8 Å². The van der Waals surface area contributed by atoms with Crippen molar-refractivity contribution < 1.29 is 31.2 Å². The molecule has 1 aliphatic heterocycles. The molecule has 2 atom stereocenters. The highest BCUT2D eigenvalue weighted by Crippen LogP contribution is 2.21. The molecule has 1 aromatic heterocycles. The smallest absolute Gasteiger partial charge is 0.349 e. The number of hydrogen-bond acceptors (Lipinski definition) is 8. The van der Waals surface area contributed by atoms with E-state index in [0.29, 0.717) is 24.3 Å². The number of carbonyl (C=O) groups is 2. The fraction of sp³-hybridized carbons (Fsp3) is 0.647. The molecule has 2 unspecified atom stereocenters. The molecule has 0 aliphatic carbocycles. The quantitative estimate of drug-likeness (QED) is 0.523. The molecule has 0 bridgehead atoms. The lowest BCUT2D eigenvalue weighted by Crippen LogP contribution is -2.46. The Hall–Kier alpha value is -1.50. The monoisotopic (exact) mass is 466 g/mol. The molecule has 1 saturated heterocycles. The SMILES string of the molecule is CCN(C(=O)C(C)OC(=O)c1ccc(CCNS(C)(=O)=O)s1)C1CCS(=O)(=O)C1. The third kappa shape index (κ3) is 7.05. The van der Waals surface area contributed by atoms with E-state index in [1.165, 1.54) is 23.2 Å². The van der Waals surface area contributed by atoms with Crippen LogP contribution in [0.5, 0.6) is 0 Å². The van der Waals surface area contributed by atoms with Gasteiger partial charge in [-0.15, -0.1) is 11.3 Å². The standard InChI is InChI=1S/C17H26N2O7S3/c1-4-19(13-8-10-29(24,25)11-13)16(20)12(2)26-17(21)15-6-5-14(27-15)7-9-18-28(3,22)23/h5-6,12-13,18H,4,7-11H2,1-3H3. The van der Waals surface area contributed by atoms with Crippen LogP contribution in [0.3, 0.4) is 0 Å². The van der Waals surface area contributed by atoms with Crippen LogP contribution >= 0.6 is 11.3 Å². The first kappa shape index (κ1) is 23.8. The lowest BCUT2D eigenvalue weighted by molar-refractivity contribution is -0.141. The van der Waals surface area contributed by atoms with Gasteiger partial charge in [0.15, 0.2) is 15.9 Å². The van der Waals surface area contributed by atoms with Crippen LogP contribution in [0.15, 0.2) is 12.1 Å². The van der Waals surface area contributed by atoms with Crippen molar-refractivity contribution in [1.29, 1.82) is 0 Å². The fourth-order valence-electron chi connectivity index (χ4n) is 3.10. The summed E-state index contributed by atoms with van der Waals surface area (Å²) in [6, 6.07) is 2.88. The molecule has 1 N–H and O–H groups in total. The van der Waals surface area contributed by atoms with Gasteiger partial charge in [0.1, 0.15) is 4.88 Å². The van der Waals surface area contributed by atoms with E-state index in [9.17, 15) is 26.4 Å². The molecule has 1 amide bonds. The summed E-state index contributed by atoms with van der Waals surface area (Å²) in [7, 11) is -6.40. The zero-order chi connectivity index (χ0) is 21.8. The molecular formula is C17H26N2O7S3. The maximum Gasteiger partial charge on any atom is 0.349 e. The van der Waals surface area contributed by atoms with Crippen molar-refractivity contribution in [2.45, 2.75) is 38.8 Å². The molecule has 1 fully saturated rings. The topological polar surface area (TPSA) is 127 Å². The van der Waals surface area contributed by atoms with Gasteiger partial charge in [-0.2, -0.15) is 0 Å². The Morgan fingerprint density at radius 2 is 2.07 bits per heavy atom. The van der Waals surface area contributed by atoms with Crippen molar-refractivity contribution >= 4 is 43.1 Å². The van der Waals surface area contributed by atoms with Crippen molar-refractivity contribution in [3.63, 3.8) is 0 Å². The van der Waals surface area contributed by atoms with Crippen LogP contribution in [0.2, 0.25) is 0 Å². The van der Waals surface area contributed by atoms with E-state index < -0.39 is 43.9 Å². The molecule has 1 aromatic rings. The lowest BCUT2D eigenvalue weighted by Gasteiger charge is -2.29. The first-order valence-electron chi connectivity index (χ1n) is 9.17. The molecule has 2 heterocycles. The zero-order valence-electron chi connectivity index (χ0n) is 16.6. The minimum atomic E-state index is -3.27. The molecule has 0 spiro atoms. The molecule has 1 aliphatic rings. The van der Waals surface area contributed by atoms with Crippen molar-refractivity contribution in [1.82, 2.24) is 9.62 Å². The molecule has 2 rings (SSSR count). The molecule has 0 saturated carbocycles. The summed E-state index contributed by atoms with van der Waals surface area (Å²) in [6.45, 7) is 3.78. The highest BCUT2D eigenvalue weighted by molar-refractivity contribution is 7.91. The van der Waals surface area contributed by atoms with Crippen molar-refractivity contribution in [2.24, 2.45) is 0 Å². The van der Waals surface area contributed by atoms with E-state index in [1.807, 2.05) is 0 Å². The maximum absolute atomic E-state index is 12.7. The fourth-order valence-corrected chi connectivity index (χ4v) is 6.19. The number of nitrogens with one attached hydrogen (secondary N) is 1. The van der Waals surface area contributed by atoms with Crippen LogP contribution in [-0.4, -0.2) is 76.6 Å². The van der Waals surface area contributed by atoms with Gasteiger partial charge < -0.3 is 9.64 Å². The first-order valence-corrected chi connectivity index (χ1v) is 13.7. The summed E-state index contributed by atoms with van der Waals surface area (Å²) < 4.78 is 53.2. The van der Waals surface area contributed by atoms with E-state index in [4.69, 9.17) is 4.74 Å². The van der Waals surface area contributed by atoms with Crippen LogP contribution in [0.1, 0.15) is 34.8 Å². The van der Waals surface area contributed by atoms with Crippen LogP contribution in [0.4, 0.5) is 0 Å². The summed E-state index contributed by atoms with van der Waals surface area (Å²) in [5.74, 6) is -1.07. The number of ether oxygens (including phenoxy) is 1. The van der Waals surface area contributed by atoms with Crippen LogP contribution in [0, 0.1) is 0 Å². The van der Waals surface area contributed by atoms with Gasteiger partial charge in [-0.1, -0.05) is 0 Å². The number of carbonyl (C=O) groups excluding carboxylic acids is 2. The maximum atomic E-state index is 12.7.